The summed E-state index contributed by atoms with van der Waals surface area (Å²) in [6.45, 7) is 11.8. The quantitative estimate of drug-likeness (QED) is 0.685. The van der Waals surface area contributed by atoms with Crippen LogP contribution in [0, 0.1) is 29.1 Å². The highest BCUT2D eigenvalue weighted by molar-refractivity contribution is 4.96. The van der Waals surface area contributed by atoms with E-state index in [1.165, 1.54) is 25.7 Å². The van der Waals surface area contributed by atoms with Crippen LogP contribution < -0.4 is 0 Å². The molecule has 0 radical (unpaired) electrons. The lowest BCUT2D eigenvalue weighted by Gasteiger charge is -2.46. The van der Waals surface area contributed by atoms with Crippen molar-refractivity contribution in [2.45, 2.75) is 53.4 Å². The zero-order chi connectivity index (χ0) is 11.8. The molecule has 1 aliphatic heterocycles. The lowest BCUT2D eigenvalue weighted by molar-refractivity contribution is -0.00332. The third kappa shape index (κ3) is 1.92. The van der Waals surface area contributed by atoms with Crippen molar-refractivity contribution >= 4 is 0 Å². The van der Waals surface area contributed by atoms with E-state index in [9.17, 15) is 0 Å². The van der Waals surface area contributed by atoms with Gasteiger partial charge in [-0.1, -0.05) is 34.1 Å². The van der Waals surface area contributed by atoms with Gasteiger partial charge in [-0.15, -0.1) is 0 Å². The van der Waals surface area contributed by atoms with Gasteiger partial charge in [0.15, 0.2) is 0 Å². The Kier molecular flexibility index (Phi) is 3.63. The van der Waals surface area contributed by atoms with Crippen molar-refractivity contribution in [1.82, 2.24) is 0 Å². The van der Waals surface area contributed by atoms with Gasteiger partial charge in [0.1, 0.15) is 0 Å². The molecule has 94 valence electrons. The topological polar surface area (TPSA) is 9.23 Å². The van der Waals surface area contributed by atoms with Crippen LogP contribution in [-0.2, 0) is 4.74 Å². The molecule has 0 aromatic carbocycles. The summed E-state index contributed by atoms with van der Waals surface area (Å²) >= 11 is 0. The molecule has 2 aliphatic rings. The molecule has 2 bridgehead atoms. The van der Waals surface area contributed by atoms with Crippen LogP contribution in [0.2, 0.25) is 0 Å². The molecule has 0 N–H and O–H groups in total. The Morgan fingerprint density at radius 1 is 1.00 bits per heavy atom. The predicted octanol–water partition coefficient (Wildman–Crippen LogP) is 4.12. The minimum absolute atomic E-state index is 0.539. The summed E-state index contributed by atoms with van der Waals surface area (Å²) in [7, 11) is 0. The van der Waals surface area contributed by atoms with Gasteiger partial charge in [0.2, 0.25) is 0 Å². The van der Waals surface area contributed by atoms with Gasteiger partial charge in [0, 0.05) is 13.2 Å². The summed E-state index contributed by atoms with van der Waals surface area (Å²) in [6.07, 6.45) is 5.64. The molecular weight excluding hydrogens is 196 g/mol. The molecule has 1 saturated carbocycles. The van der Waals surface area contributed by atoms with E-state index in [1.54, 1.807) is 0 Å². The normalized spacial score (nSPS) is 34.1. The number of rotatable bonds is 2. The number of fused-ring (bicyclic) bond motifs is 3. The second-order valence-corrected chi connectivity index (χ2v) is 6.66. The van der Waals surface area contributed by atoms with Crippen LogP contribution in [0.25, 0.3) is 0 Å². The van der Waals surface area contributed by atoms with Gasteiger partial charge < -0.3 is 4.74 Å². The van der Waals surface area contributed by atoms with Crippen molar-refractivity contribution in [3.63, 3.8) is 0 Å². The van der Waals surface area contributed by atoms with Crippen molar-refractivity contribution in [1.29, 1.82) is 0 Å². The molecule has 2 rings (SSSR count). The highest BCUT2D eigenvalue weighted by Gasteiger charge is 2.48. The van der Waals surface area contributed by atoms with E-state index in [0.717, 1.165) is 36.9 Å². The summed E-state index contributed by atoms with van der Waals surface area (Å²) in [6, 6.07) is 0. The van der Waals surface area contributed by atoms with Gasteiger partial charge in [-0.2, -0.15) is 0 Å². The Labute approximate surface area is 101 Å². The van der Waals surface area contributed by atoms with Crippen LogP contribution in [0.15, 0.2) is 0 Å². The zero-order valence-electron chi connectivity index (χ0n) is 11.5. The fourth-order valence-corrected chi connectivity index (χ4v) is 4.53. The fraction of sp³-hybridized carbons (Fsp3) is 1.00. The molecule has 2 atom stereocenters. The smallest absolute Gasteiger partial charge is 0.0499 e. The van der Waals surface area contributed by atoms with Gasteiger partial charge in [-0.3, -0.25) is 0 Å². The van der Waals surface area contributed by atoms with Gasteiger partial charge in [0.05, 0.1) is 0 Å². The highest BCUT2D eigenvalue weighted by Crippen LogP contribution is 2.53. The summed E-state index contributed by atoms with van der Waals surface area (Å²) in [5.74, 6) is 3.22. The largest absolute Gasteiger partial charge is 0.381 e. The Morgan fingerprint density at radius 3 is 2.31 bits per heavy atom. The number of ether oxygens (including phenoxy) is 1. The van der Waals surface area contributed by atoms with Crippen LogP contribution >= 0.6 is 0 Å². The first-order valence-electron chi connectivity index (χ1n) is 7.15. The molecule has 1 heterocycles. The summed E-state index contributed by atoms with van der Waals surface area (Å²) in [5, 5.41) is 0. The van der Waals surface area contributed by atoms with Gasteiger partial charge in [-0.05, 0) is 48.3 Å². The van der Waals surface area contributed by atoms with Gasteiger partial charge in [-0.25, -0.2) is 0 Å². The first-order chi connectivity index (χ1) is 7.57. The lowest BCUT2D eigenvalue weighted by atomic mass is 9.58. The fourth-order valence-electron chi connectivity index (χ4n) is 4.53. The average Bonchev–Trinajstić information content (AvgIpc) is 2.44. The van der Waals surface area contributed by atoms with E-state index in [2.05, 4.69) is 27.7 Å². The summed E-state index contributed by atoms with van der Waals surface area (Å²) in [5.41, 5.74) is 0.539. The number of hydrogen-bond donors (Lipinski definition) is 0. The van der Waals surface area contributed by atoms with Crippen molar-refractivity contribution in [2.75, 3.05) is 13.2 Å². The minimum atomic E-state index is 0.539. The van der Waals surface area contributed by atoms with Gasteiger partial charge >= 0.3 is 0 Å². The molecule has 1 heteroatoms. The van der Waals surface area contributed by atoms with E-state index in [0.29, 0.717) is 5.41 Å². The molecular formula is C15H28O. The van der Waals surface area contributed by atoms with Crippen LogP contribution in [0.3, 0.4) is 0 Å². The molecule has 1 saturated heterocycles. The summed E-state index contributed by atoms with van der Waals surface area (Å²) < 4.78 is 5.92. The maximum atomic E-state index is 5.92. The molecule has 0 aromatic rings. The molecule has 2 unspecified atom stereocenters. The molecule has 1 aliphatic carbocycles. The number of hydrogen-bond acceptors (Lipinski definition) is 1. The first kappa shape index (κ1) is 12.4. The lowest BCUT2D eigenvalue weighted by Crippen LogP contribution is -2.41. The van der Waals surface area contributed by atoms with Crippen LogP contribution in [0.5, 0.6) is 0 Å². The maximum Gasteiger partial charge on any atom is 0.0499 e. The van der Waals surface area contributed by atoms with E-state index in [-0.39, 0.29) is 0 Å². The predicted molar refractivity (Wildman–Crippen MR) is 68.4 cm³/mol. The van der Waals surface area contributed by atoms with Crippen LogP contribution in [0.1, 0.15) is 53.4 Å². The Bertz CT molecular complexity index is 214. The van der Waals surface area contributed by atoms with Crippen LogP contribution in [0.4, 0.5) is 0 Å². The first-order valence-corrected chi connectivity index (χ1v) is 7.15. The Hall–Kier alpha value is -0.0400. The second kappa shape index (κ2) is 4.68. The van der Waals surface area contributed by atoms with Crippen molar-refractivity contribution < 1.29 is 4.74 Å². The molecule has 0 aromatic heterocycles. The second-order valence-electron chi connectivity index (χ2n) is 6.66. The molecule has 2 fully saturated rings. The average molecular weight is 224 g/mol. The Balaban J connectivity index is 2.34. The van der Waals surface area contributed by atoms with E-state index >= 15 is 0 Å². The van der Waals surface area contributed by atoms with E-state index < -0.39 is 0 Å². The molecule has 0 amide bonds. The third-order valence-electron chi connectivity index (χ3n) is 5.39. The van der Waals surface area contributed by atoms with Crippen molar-refractivity contribution in [3.8, 4) is 0 Å². The SMILES string of the molecule is CC(C)C1(C(C)C)CC2CCCC1COC2. The molecule has 1 nitrogen and oxygen atoms in total. The highest BCUT2D eigenvalue weighted by atomic mass is 16.5. The molecule has 0 spiro atoms. The van der Waals surface area contributed by atoms with E-state index in [4.69, 9.17) is 4.74 Å². The maximum absolute atomic E-state index is 5.92. The van der Waals surface area contributed by atoms with Crippen molar-refractivity contribution in [3.05, 3.63) is 0 Å². The zero-order valence-corrected chi connectivity index (χ0v) is 11.5. The van der Waals surface area contributed by atoms with E-state index in [1.807, 2.05) is 0 Å². The minimum Gasteiger partial charge on any atom is -0.381 e. The van der Waals surface area contributed by atoms with Gasteiger partial charge in [0.25, 0.3) is 0 Å². The standard InChI is InChI=1S/C15H28O/c1-11(2)15(12(3)4)8-13-6-5-7-14(15)10-16-9-13/h11-14H,5-10H2,1-4H3. The third-order valence-corrected chi connectivity index (χ3v) is 5.39. The van der Waals surface area contributed by atoms with Crippen molar-refractivity contribution in [2.24, 2.45) is 29.1 Å². The summed E-state index contributed by atoms with van der Waals surface area (Å²) in [4.78, 5) is 0. The van der Waals surface area contributed by atoms with Crippen LogP contribution in [-0.4, -0.2) is 13.2 Å². The monoisotopic (exact) mass is 224 g/mol. The molecule has 16 heavy (non-hydrogen) atoms. The Morgan fingerprint density at radius 2 is 1.69 bits per heavy atom.